The summed E-state index contributed by atoms with van der Waals surface area (Å²) in [7, 11) is 0. The molecular formula is C35H43N5O3. The molecule has 226 valence electrons. The van der Waals surface area contributed by atoms with Gasteiger partial charge in [0.15, 0.2) is 0 Å². The maximum atomic E-state index is 13.7. The number of nitrogens with zero attached hydrogens (tertiary/aromatic N) is 4. The molecule has 1 N–H and O–H groups in total. The summed E-state index contributed by atoms with van der Waals surface area (Å²) >= 11 is 0. The lowest BCUT2D eigenvalue weighted by Crippen LogP contribution is -2.38. The quantitative estimate of drug-likeness (QED) is 0.247. The first-order valence-electron chi connectivity index (χ1n) is 15.5. The number of carbonyl (C=O) groups is 2. The number of hydrogen-bond donors (Lipinski definition) is 1. The second-order valence-electron chi connectivity index (χ2n) is 11.2. The summed E-state index contributed by atoms with van der Waals surface area (Å²) in [4.78, 5) is 40.8. The molecule has 0 bridgehead atoms. The summed E-state index contributed by atoms with van der Waals surface area (Å²) in [5, 5.41) is 0. The number of H-pyrrole nitrogens is 1. The lowest BCUT2D eigenvalue weighted by atomic mass is 10.1. The van der Waals surface area contributed by atoms with Crippen LogP contribution in [-0.4, -0.2) is 64.4 Å². The van der Waals surface area contributed by atoms with Gasteiger partial charge in [-0.05, 0) is 56.0 Å². The average Bonchev–Trinajstić information content (AvgIpc) is 3.42. The minimum Gasteiger partial charge on any atom is -0.494 e. The van der Waals surface area contributed by atoms with E-state index in [2.05, 4.69) is 20.9 Å². The van der Waals surface area contributed by atoms with Crippen molar-refractivity contribution in [2.45, 2.75) is 59.0 Å². The number of aromatic amines is 1. The summed E-state index contributed by atoms with van der Waals surface area (Å²) < 4.78 is 5.90. The Hall–Kier alpha value is -4.17. The highest BCUT2D eigenvalue weighted by Gasteiger charge is 2.22. The van der Waals surface area contributed by atoms with E-state index in [1.54, 1.807) is 6.92 Å². The Morgan fingerprint density at radius 1 is 0.907 bits per heavy atom. The molecule has 0 aliphatic carbocycles. The molecule has 1 aromatic heterocycles. The molecule has 2 heterocycles. The van der Waals surface area contributed by atoms with Crippen molar-refractivity contribution in [3.63, 3.8) is 0 Å². The van der Waals surface area contributed by atoms with E-state index in [9.17, 15) is 9.59 Å². The molecule has 1 aliphatic rings. The van der Waals surface area contributed by atoms with Crippen LogP contribution in [0.5, 0.6) is 5.75 Å². The van der Waals surface area contributed by atoms with Crippen molar-refractivity contribution in [2.24, 2.45) is 0 Å². The standard InChI is InChI=1S/C35H43N5O3/c1-3-43-33-18-9-5-14-29(33)25-38-21-12-22-40(27(2)41)32-17-8-4-13-28(32)26-39(24-23-38)35(42)20-11-10-19-34-36-30-15-6-7-16-31(30)37-34/h4-9,13-18H,3,10-12,19-26H2,1-2H3,(H,36,37). The second kappa shape index (κ2) is 14.8. The lowest BCUT2D eigenvalue weighted by molar-refractivity contribution is -0.132. The van der Waals surface area contributed by atoms with Crippen molar-refractivity contribution in [2.75, 3.05) is 37.7 Å². The number of carbonyl (C=O) groups excluding carboxylic acids is 2. The minimum atomic E-state index is 0.0170. The number of rotatable bonds is 9. The van der Waals surface area contributed by atoms with Crippen LogP contribution < -0.4 is 9.64 Å². The van der Waals surface area contributed by atoms with Crippen molar-refractivity contribution in [1.82, 2.24) is 19.8 Å². The molecule has 5 rings (SSSR count). The fourth-order valence-corrected chi connectivity index (χ4v) is 5.86. The van der Waals surface area contributed by atoms with Crippen LogP contribution in [0.4, 0.5) is 5.69 Å². The third-order valence-corrected chi connectivity index (χ3v) is 8.08. The topological polar surface area (TPSA) is 81.8 Å². The van der Waals surface area contributed by atoms with Gasteiger partial charge in [-0.1, -0.05) is 48.5 Å². The van der Waals surface area contributed by atoms with Crippen molar-refractivity contribution in [3.05, 3.63) is 89.7 Å². The van der Waals surface area contributed by atoms with Crippen LogP contribution in [-0.2, 0) is 29.1 Å². The molecule has 8 nitrogen and oxygen atoms in total. The van der Waals surface area contributed by atoms with Gasteiger partial charge in [-0.15, -0.1) is 0 Å². The molecule has 43 heavy (non-hydrogen) atoms. The summed E-state index contributed by atoms with van der Waals surface area (Å²) in [6, 6.07) is 24.2. The average molecular weight is 582 g/mol. The van der Waals surface area contributed by atoms with Gasteiger partial charge in [0.1, 0.15) is 11.6 Å². The highest BCUT2D eigenvalue weighted by Crippen LogP contribution is 2.25. The maximum absolute atomic E-state index is 13.7. The fraction of sp³-hybridized carbons (Fsp3) is 0.400. The van der Waals surface area contributed by atoms with Crippen LogP contribution >= 0.6 is 0 Å². The molecule has 2 amide bonds. The number of unbranched alkanes of at least 4 members (excludes halogenated alkanes) is 1. The van der Waals surface area contributed by atoms with E-state index in [1.165, 1.54) is 0 Å². The zero-order valence-electron chi connectivity index (χ0n) is 25.4. The molecule has 0 atom stereocenters. The van der Waals surface area contributed by atoms with E-state index in [-0.39, 0.29) is 11.8 Å². The Kier molecular flexibility index (Phi) is 10.4. The summed E-state index contributed by atoms with van der Waals surface area (Å²) in [6.07, 6.45) is 3.80. The number of hydrogen-bond acceptors (Lipinski definition) is 5. The normalized spacial score (nSPS) is 14.7. The largest absolute Gasteiger partial charge is 0.494 e. The van der Waals surface area contributed by atoms with Gasteiger partial charge in [0.25, 0.3) is 0 Å². The van der Waals surface area contributed by atoms with Gasteiger partial charge in [0, 0.05) is 70.3 Å². The van der Waals surface area contributed by atoms with Gasteiger partial charge in [-0.2, -0.15) is 0 Å². The Balaban J connectivity index is 1.30. The van der Waals surface area contributed by atoms with E-state index in [1.807, 2.05) is 83.5 Å². The van der Waals surface area contributed by atoms with Crippen LogP contribution in [0.15, 0.2) is 72.8 Å². The number of fused-ring (bicyclic) bond motifs is 2. The number of para-hydroxylation sites is 4. The maximum Gasteiger partial charge on any atom is 0.223 e. The SMILES string of the molecule is CCOc1ccccc1CN1CCCN(C(C)=O)c2ccccc2CN(C(=O)CCCCc2nc3ccccc3[nH]2)CC1. The molecule has 1 aliphatic heterocycles. The first kappa shape index (κ1) is 30.3. The van der Waals surface area contributed by atoms with E-state index in [0.29, 0.717) is 32.7 Å². The molecule has 0 fully saturated rings. The van der Waals surface area contributed by atoms with Gasteiger partial charge < -0.3 is 19.5 Å². The zero-order valence-corrected chi connectivity index (χ0v) is 25.4. The molecule has 3 aromatic carbocycles. The lowest BCUT2D eigenvalue weighted by Gasteiger charge is -2.28. The molecule has 4 aromatic rings. The van der Waals surface area contributed by atoms with Gasteiger partial charge in [0.05, 0.1) is 17.6 Å². The van der Waals surface area contributed by atoms with E-state index >= 15 is 0 Å². The smallest absolute Gasteiger partial charge is 0.223 e. The van der Waals surface area contributed by atoms with Crippen LogP contribution in [0.3, 0.4) is 0 Å². The second-order valence-corrected chi connectivity index (χ2v) is 11.2. The third kappa shape index (κ3) is 8.02. The Morgan fingerprint density at radius 3 is 2.53 bits per heavy atom. The predicted molar refractivity (Wildman–Crippen MR) is 171 cm³/mol. The minimum absolute atomic E-state index is 0.0170. The highest BCUT2D eigenvalue weighted by atomic mass is 16.5. The first-order valence-corrected chi connectivity index (χ1v) is 15.5. The molecule has 0 saturated heterocycles. The summed E-state index contributed by atoms with van der Waals surface area (Å²) in [5.41, 5.74) is 5.05. The Morgan fingerprint density at radius 2 is 1.70 bits per heavy atom. The van der Waals surface area contributed by atoms with Gasteiger partial charge in [-0.25, -0.2) is 4.98 Å². The van der Waals surface area contributed by atoms with Gasteiger partial charge in [0.2, 0.25) is 11.8 Å². The Bertz CT molecular complexity index is 1480. The van der Waals surface area contributed by atoms with Crippen molar-refractivity contribution < 1.29 is 14.3 Å². The number of aryl methyl sites for hydroxylation is 1. The molecule has 0 saturated carbocycles. The van der Waals surface area contributed by atoms with E-state index in [4.69, 9.17) is 4.74 Å². The zero-order chi connectivity index (χ0) is 30.0. The highest BCUT2D eigenvalue weighted by molar-refractivity contribution is 5.92. The van der Waals surface area contributed by atoms with Crippen molar-refractivity contribution in [3.8, 4) is 5.75 Å². The van der Waals surface area contributed by atoms with Crippen LogP contribution in [0, 0.1) is 0 Å². The molecular weight excluding hydrogens is 538 g/mol. The molecule has 0 radical (unpaired) electrons. The Labute approximate surface area is 254 Å². The van der Waals surface area contributed by atoms with Gasteiger partial charge >= 0.3 is 0 Å². The van der Waals surface area contributed by atoms with Crippen LogP contribution in [0.1, 0.15) is 56.5 Å². The summed E-state index contributed by atoms with van der Waals surface area (Å²) in [5.74, 6) is 2.02. The van der Waals surface area contributed by atoms with Gasteiger partial charge in [-0.3, -0.25) is 14.5 Å². The van der Waals surface area contributed by atoms with E-state index in [0.717, 1.165) is 84.7 Å². The van der Waals surface area contributed by atoms with Crippen molar-refractivity contribution >= 4 is 28.5 Å². The first-order chi connectivity index (χ1) is 21.0. The molecule has 0 unspecified atom stereocenters. The number of imidazole rings is 1. The number of aromatic nitrogens is 2. The number of amides is 2. The van der Waals surface area contributed by atoms with Crippen molar-refractivity contribution in [1.29, 1.82) is 0 Å². The number of benzene rings is 3. The fourth-order valence-electron chi connectivity index (χ4n) is 5.86. The third-order valence-electron chi connectivity index (χ3n) is 8.08. The van der Waals surface area contributed by atoms with E-state index < -0.39 is 0 Å². The number of ether oxygens (including phenoxy) is 1. The number of nitrogens with one attached hydrogen (secondary N) is 1. The monoisotopic (exact) mass is 581 g/mol. The van der Waals surface area contributed by atoms with Crippen LogP contribution in [0.2, 0.25) is 0 Å². The molecule has 8 heteroatoms. The predicted octanol–water partition coefficient (Wildman–Crippen LogP) is 5.96. The van der Waals surface area contributed by atoms with Crippen LogP contribution in [0.25, 0.3) is 11.0 Å². The summed E-state index contributed by atoms with van der Waals surface area (Å²) in [6.45, 7) is 8.24. The number of anilines is 1. The molecule has 0 spiro atoms.